The molecule has 0 saturated carbocycles. The average molecular weight is 291 g/mol. The lowest BCUT2D eigenvalue weighted by molar-refractivity contribution is 0.0869. The number of aliphatic hydroxyl groups excluding tert-OH is 1. The molecule has 7 heteroatoms. The van der Waals surface area contributed by atoms with Crippen LogP contribution in [0.1, 0.15) is 37.5 Å². The minimum Gasteiger partial charge on any atom is -0.390 e. The number of likely N-dealkylation sites (tertiary alicyclic amines) is 1. The van der Waals surface area contributed by atoms with E-state index in [2.05, 4.69) is 20.1 Å². The van der Waals surface area contributed by atoms with Crippen molar-refractivity contribution in [2.75, 3.05) is 13.1 Å². The molecule has 0 aromatic carbocycles. The number of aryl methyl sites for hydroxylation is 1. The largest absolute Gasteiger partial charge is 0.390 e. The highest BCUT2D eigenvalue weighted by Crippen LogP contribution is 2.30. The van der Waals surface area contributed by atoms with E-state index in [9.17, 15) is 5.11 Å². The molecule has 1 saturated heterocycles. The van der Waals surface area contributed by atoms with Crippen LogP contribution in [0.25, 0.3) is 0 Å². The first kappa shape index (κ1) is 14.2. The first-order chi connectivity index (χ1) is 10.3. The van der Waals surface area contributed by atoms with Crippen molar-refractivity contribution in [3.8, 4) is 0 Å². The maximum Gasteiger partial charge on any atom is 0.226 e. The molecule has 0 aliphatic carbocycles. The van der Waals surface area contributed by atoms with E-state index in [0.717, 1.165) is 31.6 Å². The Hall–Kier alpha value is -1.73. The van der Waals surface area contributed by atoms with Crippen molar-refractivity contribution in [3.63, 3.8) is 0 Å². The number of hydrogen-bond donors (Lipinski definition) is 1. The number of rotatable bonds is 6. The SMILES string of the molecule is CCc1nc(C2CCCN2CC(O)Cn2cccn2)no1. The van der Waals surface area contributed by atoms with E-state index in [4.69, 9.17) is 4.52 Å². The Morgan fingerprint density at radius 2 is 2.38 bits per heavy atom. The van der Waals surface area contributed by atoms with E-state index >= 15 is 0 Å². The van der Waals surface area contributed by atoms with Crippen LogP contribution in [-0.4, -0.2) is 49.1 Å². The molecule has 3 rings (SSSR count). The third-order valence-corrected chi connectivity index (χ3v) is 3.85. The second-order valence-electron chi connectivity index (χ2n) is 5.43. The van der Waals surface area contributed by atoms with E-state index in [1.807, 2.05) is 19.2 Å². The minimum absolute atomic E-state index is 0.154. The summed E-state index contributed by atoms with van der Waals surface area (Å²) in [4.78, 5) is 6.66. The molecule has 2 unspecified atom stereocenters. The molecular formula is C14H21N5O2. The van der Waals surface area contributed by atoms with Gasteiger partial charge < -0.3 is 9.63 Å². The first-order valence-electron chi connectivity index (χ1n) is 7.48. The van der Waals surface area contributed by atoms with Crippen LogP contribution in [-0.2, 0) is 13.0 Å². The molecule has 21 heavy (non-hydrogen) atoms. The molecule has 1 fully saturated rings. The predicted molar refractivity (Wildman–Crippen MR) is 75.5 cm³/mol. The summed E-state index contributed by atoms with van der Waals surface area (Å²) in [5.41, 5.74) is 0. The highest BCUT2D eigenvalue weighted by atomic mass is 16.5. The maximum atomic E-state index is 10.2. The van der Waals surface area contributed by atoms with Crippen molar-refractivity contribution < 1.29 is 9.63 Å². The lowest BCUT2D eigenvalue weighted by Gasteiger charge is -2.24. The number of aliphatic hydroxyl groups is 1. The zero-order chi connectivity index (χ0) is 14.7. The summed E-state index contributed by atoms with van der Waals surface area (Å²) in [5, 5.41) is 18.4. The zero-order valence-electron chi connectivity index (χ0n) is 12.2. The van der Waals surface area contributed by atoms with Crippen LogP contribution in [0.5, 0.6) is 0 Å². The van der Waals surface area contributed by atoms with E-state index in [1.165, 1.54) is 0 Å². The van der Waals surface area contributed by atoms with Gasteiger partial charge in [0.05, 0.1) is 18.7 Å². The van der Waals surface area contributed by atoms with Crippen LogP contribution in [0.4, 0.5) is 0 Å². The molecular weight excluding hydrogens is 270 g/mol. The van der Waals surface area contributed by atoms with Crippen molar-refractivity contribution in [1.29, 1.82) is 0 Å². The normalized spacial score (nSPS) is 21.0. The van der Waals surface area contributed by atoms with Crippen molar-refractivity contribution >= 4 is 0 Å². The number of β-amino-alcohol motifs (C(OH)–C–C–N with tert-alkyl or cyclic N) is 1. The van der Waals surface area contributed by atoms with Crippen molar-refractivity contribution in [2.24, 2.45) is 0 Å². The van der Waals surface area contributed by atoms with Crippen LogP contribution in [0.3, 0.4) is 0 Å². The highest BCUT2D eigenvalue weighted by Gasteiger charge is 2.31. The van der Waals surface area contributed by atoms with E-state index in [1.54, 1.807) is 10.9 Å². The summed E-state index contributed by atoms with van der Waals surface area (Å²) in [7, 11) is 0. The molecule has 1 N–H and O–H groups in total. The van der Waals surface area contributed by atoms with Gasteiger partial charge >= 0.3 is 0 Å². The summed E-state index contributed by atoms with van der Waals surface area (Å²) in [6.45, 7) is 4.05. The molecule has 2 atom stereocenters. The molecule has 1 aliphatic rings. The van der Waals surface area contributed by atoms with Crippen LogP contribution in [0.2, 0.25) is 0 Å². The summed E-state index contributed by atoms with van der Waals surface area (Å²) in [6, 6.07) is 2.01. The van der Waals surface area contributed by atoms with Crippen molar-refractivity contribution in [1.82, 2.24) is 24.8 Å². The molecule has 3 heterocycles. The van der Waals surface area contributed by atoms with Gasteiger partial charge in [0, 0.05) is 25.4 Å². The summed E-state index contributed by atoms with van der Waals surface area (Å²) >= 11 is 0. The van der Waals surface area contributed by atoms with Gasteiger partial charge in [-0.15, -0.1) is 0 Å². The maximum absolute atomic E-state index is 10.2. The molecule has 0 amide bonds. The van der Waals surface area contributed by atoms with Gasteiger partial charge in [-0.2, -0.15) is 10.1 Å². The molecule has 0 spiro atoms. The Morgan fingerprint density at radius 1 is 1.48 bits per heavy atom. The van der Waals surface area contributed by atoms with Gasteiger partial charge in [0.15, 0.2) is 5.82 Å². The molecule has 0 radical (unpaired) electrons. The number of aromatic nitrogens is 4. The highest BCUT2D eigenvalue weighted by molar-refractivity contribution is 4.98. The molecule has 114 valence electrons. The van der Waals surface area contributed by atoms with Gasteiger partial charge in [-0.05, 0) is 25.5 Å². The monoisotopic (exact) mass is 291 g/mol. The van der Waals surface area contributed by atoms with Crippen LogP contribution < -0.4 is 0 Å². The minimum atomic E-state index is -0.456. The number of hydrogen-bond acceptors (Lipinski definition) is 6. The molecule has 1 aliphatic heterocycles. The fourth-order valence-electron chi connectivity index (χ4n) is 2.84. The topological polar surface area (TPSA) is 80.2 Å². The summed E-state index contributed by atoms with van der Waals surface area (Å²) < 4.78 is 6.95. The van der Waals surface area contributed by atoms with Crippen molar-refractivity contribution in [2.45, 2.75) is 44.9 Å². The second-order valence-corrected chi connectivity index (χ2v) is 5.43. The molecule has 2 aromatic rings. The molecule has 0 bridgehead atoms. The number of nitrogens with zero attached hydrogens (tertiary/aromatic N) is 5. The fraction of sp³-hybridized carbons (Fsp3) is 0.643. The van der Waals surface area contributed by atoms with Crippen LogP contribution in [0, 0.1) is 0 Å². The average Bonchev–Trinajstić information content (AvgIpc) is 3.18. The van der Waals surface area contributed by atoms with Crippen LogP contribution in [0.15, 0.2) is 23.0 Å². The van der Waals surface area contributed by atoms with Gasteiger partial charge in [0.1, 0.15) is 0 Å². The first-order valence-corrected chi connectivity index (χ1v) is 7.48. The third kappa shape index (κ3) is 3.30. The van der Waals surface area contributed by atoms with E-state index < -0.39 is 6.10 Å². The smallest absolute Gasteiger partial charge is 0.226 e. The Morgan fingerprint density at radius 3 is 3.10 bits per heavy atom. The lowest BCUT2D eigenvalue weighted by atomic mass is 10.2. The summed E-state index contributed by atoms with van der Waals surface area (Å²) in [6.07, 6.45) is 5.98. The van der Waals surface area contributed by atoms with Crippen LogP contribution >= 0.6 is 0 Å². The van der Waals surface area contributed by atoms with Gasteiger partial charge in [0.2, 0.25) is 5.89 Å². The quantitative estimate of drug-likeness (QED) is 0.856. The lowest BCUT2D eigenvalue weighted by Crippen LogP contribution is -2.34. The Bertz CT molecular complexity index is 553. The van der Waals surface area contributed by atoms with Crippen molar-refractivity contribution in [3.05, 3.63) is 30.2 Å². The Labute approximate surface area is 123 Å². The van der Waals surface area contributed by atoms with E-state index in [0.29, 0.717) is 19.0 Å². The Kier molecular flexibility index (Phi) is 4.31. The second kappa shape index (κ2) is 6.36. The Balaban J connectivity index is 1.61. The third-order valence-electron chi connectivity index (χ3n) is 3.85. The predicted octanol–water partition coefficient (Wildman–Crippen LogP) is 1.03. The van der Waals surface area contributed by atoms with Gasteiger partial charge in [-0.1, -0.05) is 12.1 Å². The molecule has 7 nitrogen and oxygen atoms in total. The van der Waals surface area contributed by atoms with Gasteiger partial charge in [-0.25, -0.2) is 0 Å². The summed E-state index contributed by atoms with van der Waals surface area (Å²) in [5.74, 6) is 1.42. The molecule has 2 aromatic heterocycles. The van der Waals surface area contributed by atoms with Gasteiger partial charge in [0.25, 0.3) is 0 Å². The fourth-order valence-corrected chi connectivity index (χ4v) is 2.84. The standard InChI is InChI=1S/C14H21N5O2/c1-2-13-16-14(17-21-13)12-5-3-7-18(12)9-11(20)10-19-8-4-6-15-19/h4,6,8,11-12,20H,2-3,5,7,9-10H2,1H3. The van der Waals surface area contributed by atoms with Gasteiger partial charge in [-0.3, -0.25) is 9.58 Å². The zero-order valence-corrected chi connectivity index (χ0v) is 12.2. The van der Waals surface area contributed by atoms with E-state index in [-0.39, 0.29) is 6.04 Å².